The van der Waals surface area contributed by atoms with Gasteiger partial charge in [0.1, 0.15) is 0 Å². The minimum absolute atomic E-state index is 0.0332. The van der Waals surface area contributed by atoms with Crippen molar-refractivity contribution in [3.05, 3.63) is 12.2 Å². The van der Waals surface area contributed by atoms with E-state index < -0.39 is 17.8 Å². The molecule has 4 unspecified atom stereocenters. The molecule has 2 saturated carbocycles. The normalized spacial score (nSPS) is 41.5. The van der Waals surface area contributed by atoms with Crippen molar-refractivity contribution in [1.82, 2.24) is 5.32 Å². The van der Waals surface area contributed by atoms with Crippen molar-refractivity contribution in [2.24, 2.45) is 23.7 Å². The van der Waals surface area contributed by atoms with Crippen molar-refractivity contribution in [3.63, 3.8) is 0 Å². The van der Waals surface area contributed by atoms with Crippen molar-refractivity contribution in [2.75, 3.05) is 6.61 Å². The minimum Gasteiger partial charge on any atom is -0.481 e. The van der Waals surface area contributed by atoms with Gasteiger partial charge in [0.05, 0.1) is 17.9 Å². The van der Waals surface area contributed by atoms with Crippen LogP contribution in [0.15, 0.2) is 12.2 Å². The van der Waals surface area contributed by atoms with Gasteiger partial charge in [-0.25, -0.2) is 0 Å². The predicted octanol–water partition coefficient (Wildman–Crippen LogP) is 1.19. The van der Waals surface area contributed by atoms with E-state index in [-0.39, 0.29) is 29.9 Å². The van der Waals surface area contributed by atoms with Crippen LogP contribution in [0, 0.1) is 23.7 Å². The molecule has 110 valence electrons. The Labute approximate surface area is 118 Å². The monoisotopic (exact) mass is 279 g/mol. The van der Waals surface area contributed by atoms with E-state index in [4.69, 9.17) is 4.74 Å². The van der Waals surface area contributed by atoms with Crippen LogP contribution in [0.1, 0.15) is 26.2 Å². The summed E-state index contributed by atoms with van der Waals surface area (Å²) in [5.41, 5.74) is 0. The van der Waals surface area contributed by atoms with Crippen molar-refractivity contribution in [3.8, 4) is 0 Å². The Bertz CT molecular complexity index is 441. The number of carboxylic acid groups (broad SMARTS) is 1. The maximum atomic E-state index is 12.4. The third-order valence-corrected chi connectivity index (χ3v) is 4.89. The summed E-state index contributed by atoms with van der Waals surface area (Å²) in [4.78, 5) is 23.7. The number of fused-ring (bicyclic) bond motifs is 2. The van der Waals surface area contributed by atoms with Crippen LogP contribution < -0.4 is 5.32 Å². The Morgan fingerprint density at radius 1 is 1.20 bits per heavy atom. The van der Waals surface area contributed by atoms with Gasteiger partial charge in [0.2, 0.25) is 5.91 Å². The zero-order valence-electron chi connectivity index (χ0n) is 11.6. The van der Waals surface area contributed by atoms with E-state index in [0.717, 1.165) is 19.3 Å². The van der Waals surface area contributed by atoms with Gasteiger partial charge in [-0.05, 0) is 38.0 Å². The number of ether oxygens (including phenoxy) is 1. The Hall–Kier alpha value is -1.36. The molecule has 0 spiro atoms. The first kappa shape index (κ1) is 13.6. The van der Waals surface area contributed by atoms with E-state index in [1.54, 1.807) is 0 Å². The third-order valence-electron chi connectivity index (χ3n) is 4.89. The molecule has 5 nitrogen and oxygen atoms in total. The molecule has 0 saturated heterocycles. The number of amides is 1. The molecule has 2 fully saturated rings. The molecule has 4 atom stereocenters. The van der Waals surface area contributed by atoms with Crippen LogP contribution in [-0.2, 0) is 14.3 Å². The highest BCUT2D eigenvalue weighted by Gasteiger charge is 2.52. The van der Waals surface area contributed by atoms with E-state index in [2.05, 4.69) is 5.32 Å². The van der Waals surface area contributed by atoms with Gasteiger partial charge in [-0.1, -0.05) is 12.2 Å². The van der Waals surface area contributed by atoms with Gasteiger partial charge in [0, 0.05) is 12.6 Å². The highest BCUT2D eigenvalue weighted by atomic mass is 16.5. The van der Waals surface area contributed by atoms with Crippen LogP contribution in [0.5, 0.6) is 0 Å². The molecule has 3 rings (SSSR count). The van der Waals surface area contributed by atoms with E-state index >= 15 is 0 Å². The fraction of sp³-hybridized carbons (Fsp3) is 0.733. The fourth-order valence-corrected chi connectivity index (χ4v) is 3.87. The number of nitrogens with one attached hydrogen (secondary N) is 1. The first-order valence-electron chi connectivity index (χ1n) is 7.43. The Balaban J connectivity index is 1.57. The SMILES string of the molecule is CCOC1CC(NC(=O)C2C3C=CC(C3)C2C(=O)O)C1. The molecule has 0 aromatic rings. The highest BCUT2D eigenvalue weighted by molar-refractivity contribution is 5.87. The number of allylic oxidation sites excluding steroid dienone is 2. The zero-order chi connectivity index (χ0) is 14.3. The first-order chi connectivity index (χ1) is 9.60. The number of aliphatic carboxylic acids is 1. The van der Waals surface area contributed by atoms with Crippen molar-refractivity contribution >= 4 is 11.9 Å². The zero-order valence-corrected chi connectivity index (χ0v) is 11.6. The summed E-state index contributed by atoms with van der Waals surface area (Å²) >= 11 is 0. The lowest BCUT2D eigenvalue weighted by Crippen LogP contribution is -2.51. The average molecular weight is 279 g/mol. The quantitative estimate of drug-likeness (QED) is 0.741. The molecular formula is C15H21NO4. The third kappa shape index (κ3) is 2.24. The average Bonchev–Trinajstić information content (AvgIpc) is 2.95. The van der Waals surface area contributed by atoms with Crippen LogP contribution in [0.2, 0.25) is 0 Å². The predicted molar refractivity (Wildman–Crippen MR) is 71.9 cm³/mol. The molecule has 3 aliphatic rings. The van der Waals surface area contributed by atoms with Gasteiger partial charge in [0.25, 0.3) is 0 Å². The lowest BCUT2D eigenvalue weighted by atomic mass is 9.81. The second kappa shape index (κ2) is 5.20. The molecule has 0 heterocycles. The summed E-state index contributed by atoms with van der Waals surface area (Å²) in [6, 6.07) is 0.150. The molecular weight excluding hydrogens is 258 g/mol. The molecule has 1 amide bonds. The summed E-state index contributed by atoms with van der Waals surface area (Å²) in [5, 5.41) is 12.3. The Morgan fingerprint density at radius 2 is 1.85 bits per heavy atom. The van der Waals surface area contributed by atoms with Crippen molar-refractivity contribution in [1.29, 1.82) is 0 Å². The Morgan fingerprint density at radius 3 is 2.45 bits per heavy atom. The summed E-state index contributed by atoms with van der Waals surface area (Å²) in [6.07, 6.45) is 6.71. The summed E-state index contributed by atoms with van der Waals surface area (Å²) in [5.74, 6) is -1.74. The summed E-state index contributed by atoms with van der Waals surface area (Å²) in [6.45, 7) is 2.66. The van der Waals surface area contributed by atoms with Crippen LogP contribution in [0.3, 0.4) is 0 Å². The van der Waals surface area contributed by atoms with Crippen LogP contribution in [0.25, 0.3) is 0 Å². The van der Waals surface area contributed by atoms with E-state index in [0.29, 0.717) is 6.61 Å². The van der Waals surface area contributed by atoms with Gasteiger partial charge >= 0.3 is 5.97 Å². The topological polar surface area (TPSA) is 75.6 Å². The standard InChI is InChI=1S/C15H21NO4/c1-2-20-11-6-10(7-11)16-14(17)12-8-3-4-9(5-8)13(12)15(18)19/h3-4,8-13H,2,5-7H2,1H3,(H,16,17)(H,18,19). The molecule has 20 heavy (non-hydrogen) atoms. The largest absolute Gasteiger partial charge is 0.481 e. The molecule has 0 radical (unpaired) electrons. The van der Waals surface area contributed by atoms with E-state index in [9.17, 15) is 14.7 Å². The number of carbonyl (C=O) groups excluding carboxylic acids is 1. The molecule has 0 aromatic heterocycles. The summed E-state index contributed by atoms with van der Waals surface area (Å²) < 4.78 is 5.47. The smallest absolute Gasteiger partial charge is 0.307 e. The minimum atomic E-state index is -0.845. The van der Waals surface area contributed by atoms with Crippen molar-refractivity contribution in [2.45, 2.75) is 38.3 Å². The fourth-order valence-electron chi connectivity index (χ4n) is 3.87. The van der Waals surface area contributed by atoms with Gasteiger partial charge < -0.3 is 15.2 Å². The van der Waals surface area contributed by atoms with Crippen LogP contribution in [0.4, 0.5) is 0 Å². The number of rotatable bonds is 5. The van der Waals surface area contributed by atoms with Crippen LogP contribution in [-0.4, -0.2) is 35.7 Å². The molecule has 2 N–H and O–H groups in total. The lowest BCUT2D eigenvalue weighted by Gasteiger charge is -2.37. The van der Waals surface area contributed by atoms with Gasteiger partial charge in [-0.2, -0.15) is 0 Å². The van der Waals surface area contributed by atoms with E-state index in [1.807, 2.05) is 19.1 Å². The Kier molecular flexibility index (Phi) is 3.54. The number of carbonyl (C=O) groups is 2. The van der Waals surface area contributed by atoms with E-state index in [1.165, 1.54) is 0 Å². The highest BCUT2D eigenvalue weighted by Crippen LogP contribution is 2.48. The molecule has 3 aliphatic carbocycles. The second-order valence-corrected chi connectivity index (χ2v) is 6.09. The maximum absolute atomic E-state index is 12.4. The van der Waals surface area contributed by atoms with Gasteiger partial charge in [0.15, 0.2) is 0 Å². The second-order valence-electron chi connectivity index (χ2n) is 6.09. The van der Waals surface area contributed by atoms with Crippen molar-refractivity contribution < 1.29 is 19.4 Å². The molecule has 5 heteroatoms. The van der Waals surface area contributed by atoms with Crippen LogP contribution >= 0.6 is 0 Å². The molecule has 0 aromatic carbocycles. The number of carboxylic acids is 1. The summed E-state index contributed by atoms with van der Waals surface area (Å²) in [7, 11) is 0. The molecule has 0 aliphatic heterocycles. The molecule has 2 bridgehead atoms. The van der Waals surface area contributed by atoms with Gasteiger partial charge in [-0.3, -0.25) is 9.59 Å². The first-order valence-corrected chi connectivity index (χ1v) is 7.43. The maximum Gasteiger partial charge on any atom is 0.307 e. The van der Waals surface area contributed by atoms with Gasteiger partial charge in [-0.15, -0.1) is 0 Å². The number of hydrogen-bond acceptors (Lipinski definition) is 3. The lowest BCUT2D eigenvalue weighted by molar-refractivity contribution is -0.148. The number of hydrogen-bond donors (Lipinski definition) is 2.